The van der Waals surface area contributed by atoms with Crippen LogP contribution in [0.2, 0.25) is 0 Å². The van der Waals surface area contributed by atoms with E-state index in [4.69, 9.17) is 4.74 Å². The lowest BCUT2D eigenvalue weighted by molar-refractivity contribution is 0.0902. The van der Waals surface area contributed by atoms with Crippen molar-refractivity contribution < 1.29 is 14.9 Å². The Balaban J connectivity index is 1.91. The monoisotopic (exact) mass is 251 g/mol. The van der Waals surface area contributed by atoms with Crippen molar-refractivity contribution in [3.8, 4) is 11.5 Å². The second-order valence-corrected chi connectivity index (χ2v) is 4.85. The van der Waals surface area contributed by atoms with Crippen molar-refractivity contribution >= 4 is 0 Å². The van der Waals surface area contributed by atoms with Gasteiger partial charge in [-0.1, -0.05) is 18.9 Å². The molecule has 0 bridgehead atoms. The van der Waals surface area contributed by atoms with Crippen LogP contribution in [0.15, 0.2) is 18.2 Å². The first-order valence-corrected chi connectivity index (χ1v) is 6.48. The van der Waals surface area contributed by atoms with Crippen molar-refractivity contribution in [2.45, 2.75) is 44.4 Å². The number of phenols is 1. The Labute approximate surface area is 108 Å². The summed E-state index contributed by atoms with van der Waals surface area (Å²) in [6.45, 7) is 0.652. The number of benzene rings is 1. The molecule has 0 aliphatic heterocycles. The van der Waals surface area contributed by atoms with E-state index in [9.17, 15) is 10.2 Å². The average Bonchev–Trinajstić information content (AvgIpc) is 2.38. The summed E-state index contributed by atoms with van der Waals surface area (Å²) in [4.78, 5) is 0. The first-order chi connectivity index (χ1) is 8.70. The molecule has 2 unspecified atom stereocenters. The summed E-state index contributed by atoms with van der Waals surface area (Å²) < 4.78 is 5.00. The standard InChI is InChI=1S/C14H21NO3/c1-18-14-7-6-10(8-13(14)17)9-15-11-4-2-3-5-12(11)16/h6-8,11-12,15-17H,2-5,9H2,1H3. The molecular weight excluding hydrogens is 230 g/mol. The van der Waals surface area contributed by atoms with Gasteiger partial charge in [-0.3, -0.25) is 0 Å². The summed E-state index contributed by atoms with van der Waals surface area (Å²) in [5.74, 6) is 0.637. The molecule has 1 aromatic carbocycles. The number of aliphatic hydroxyl groups is 1. The molecule has 2 rings (SSSR count). The molecule has 1 saturated carbocycles. The molecule has 100 valence electrons. The SMILES string of the molecule is COc1ccc(CNC2CCCCC2O)cc1O. The fourth-order valence-electron chi connectivity index (χ4n) is 2.44. The van der Waals surface area contributed by atoms with Crippen LogP contribution in [0, 0.1) is 0 Å². The number of hydrogen-bond acceptors (Lipinski definition) is 4. The third-order valence-corrected chi connectivity index (χ3v) is 3.54. The van der Waals surface area contributed by atoms with E-state index in [2.05, 4.69) is 5.32 Å². The van der Waals surface area contributed by atoms with Crippen LogP contribution < -0.4 is 10.1 Å². The molecule has 4 heteroatoms. The van der Waals surface area contributed by atoms with E-state index in [0.717, 1.165) is 24.8 Å². The van der Waals surface area contributed by atoms with Gasteiger partial charge in [0.05, 0.1) is 13.2 Å². The predicted molar refractivity (Wildman–Crippen MR) is 69.8 cm³/mol. The molecule has 1 aliphatic carbocycles. The second kappa shape index (κ2) is 6.07. The number of phenolic OH excluding ortho intramolecular Hbond substituents is 1. The lowest BCUT2D eigenvalue weighted by Gasteiger charge is -2.28. The predicted octanol–water partition coefficient (Wildman–Crippen LogP) is 1.79. The van der Waals surface area contributed by atoms with Gasteiger partial charge in [0, 0.05) is 12.6 Å². The highest BCUT2D eigenvalue weighted by Gasteiger charge is 2.22. The molecular formula is C14H21NO3. The molecule has 1 fully saturated rings. The quantitative estimate of drug-likeness (QED) is 0.763. The lowest BCUT2D eigenvalue weighted by atomic mass is 9.92. The van der Waals surface area contributed by atoms with Crippen LogP contribution in [0.3, 0.4) is 0 Å². The molecule has 1 aliphatic rings. The number of aliphatic hydroxyl groups excluding tert-OH is 1. The number of aromatic hydroxyl groups is 1. The first kappa shape index (κ1) is 13.2. The van der Waals surface area contributed by atoms with E-state index in [1.807, 2.05) is 6.07 Å². The van der Waals surface area contributed by atoms with Gasteiger partial charge in [0.25, 0.3) is 0 Å². The first-order valence-electron chi connectivity index (χ1n) is 6.48. The van der Waals surface area contributed by atoms with E-state index in [1.54, 1.807) is 12.1 Å². The fourth-order valence-corrected chi connectivity index (χ4v) is 2.44. The Hall–Kier alpha value is -1.26. The molecule has 0 saturated heterocycles. The van der Waals surface area contributed by atoms with Crippen LogP contribution in [0.1, 0.15) is 31.2 Å². The van der Waals surface area contributed by atoms with E-state index in [0.29, 0.717) is 12.3 Å². The molecule has 1 aromatic rings. The number of rotatable bonds is 4. The minimum atomic E-state index is -0.245. The normalized spacial score (nSPS) is 23.9. The van der Waals surface area contributed by atoms with Crippen molar-refractivity contribution in [3.05, 3.63) is 23.8 Å². The third kappa shape index (κ3) is 3.15. The number of methoxy groups -OCH3 is 1. The largest absolute Gasteiger partial charge is 0.504 e. The number of nitrogens with one attached hydrogen (secondary N) is 1. The van der Waals surface area contributed by atoms with Gasteiger partial charge in [0.2, 0.25) is 0 Å². The minimum absolute atomic E-state index is 0.154. The molecule has 2 atom stereocenters. The summed E-state index contributed by atoms with van der Waals surface area (Å²) in [6, 6.07) is 5.54. The maximum Gasteiger partial charge on any atom is 0.160 e. The van der Waals surface area contributed by atoms with Gasteiger partial charge in [-0.2, -0.15) is 0 Å². The Kier molecular flexibility index (Phi) is 4.44. The molecule has 0 aromatic heterocycles. The number of ether oxygens (including phenoxy) is 1. The van der Waals surface area contributed by atoms with E-state index in [1.165, 1.54) is 13.5 Å². The molecule has 0 spiro atoms. The summed E-state index contributed by atoms with van der Waals surface area (Å²) in [5, 5.41) is 22.9. The van der Waals surface area contributed by atoms with Gasteiger partial charge in [0.15, 0.2) is 11.5 Å². The van der Waals surface area contributed by atoms with Crippen molar-refractivity contribution in [1.82, 2.24) is 5.32 Å². The molecule has 4 nitrogen and oxygen atoms in total. The lowest BCUT2D eigenvalue weighted by Crippen LogP contribution is -2.41. The van der Waals surface area contributed by atoms with E-state index in [-0.39, 0.29) is 17.9 Å². The summed E-state index contributed by atoms with van der Waals surface area (Å²) >= 11 is 0. The maximum atomic E-state index is 9.85. The van der Waals surface area contributed by atoms with Gasteiger partial charge in [-0.25, -0.2) is 0 Å². The van der Waals surface area contributed by atoms with Gasteiger partial charge in [-0.15, -0.1) is 0 Å². The summed E-state index contributed by atoms with van der Waals surface area (Å²) in [7, 11) is 1.53. The smallest absolute Gasteiger partial charge is 0.160 e. The highest BCUT2D eigenvalue weighted by Crippen LogP contribution is 2.26. The molecule has 0 radical (unpaired) electrons. The Bertz CT molecular complexity index is 395. The van der Waals surface area contributed by atoms with Crippen LogP contribution >= 0.6 is 0 Å². The Morgan fingerprint density at radius 2 is 2.11 bits per heavy atom. The molecule has 18 heavy (non-hydrogen) atoms. The topological polar surface area (TPSA) is 61.7 Å². The zero-order valence-electron chi connectivity index (χ0n) is 10.7. The van der Waals surface area contributed by atoms with E-state index >= 15 is 0 Å². The molecule has 0 heterocycles. The Morgan fingerprint density at radius 1 is 1.33 bits per heavy atom. The highest BCUT2D eigenvalue weighted by atomic mass is 16.5. The highest BCUT2D eigenvalue weighted by molar-refractivity contribution is 5.41. The van der Waals surface area contributed by atoms with E-state index < -0.39 is 0 Å². The van der Waals surface area contributed by atoms with Crippen LogP contribution in [0.25, 0.3) is 0 Å². The van der Waals surface area contributed by atoms with Crippen molar-refractivity contribution in [3.63, 3.8) is 0 Å². The molecule has 3 N–H and O–H groups in total. The average molecular weight is 251 g/mol. The van der Waals surface area contributed by atoms with Crippen molar-refractivity contribution in [2.75, 3.05) is 7.11 Å². The zero-order chi connectivity index (χ0) is 13.0. The number of hydrogen-bond donors (Lipinski definition) is 3. The van der Waals surface area contributed by atoms with Gasteiger partial charge < -0.3 is 20.3 Å². The Morgan fingerprint density at radius 3 is 2.78 bits per heavy atom. The molecule has 0 amide bonds. The summed E-state index contributed by atoms with van der Waals surface area (Å²) in [6.07, 6.45) is 3.94. The van der Waals surface area contributed by atoms with Crippen LogP contribution in [0.4, 0.5) is 0 Å². The zero-order valence-corrected chi connectivity index (χ0v) is 10.7. The van der Waals surface area contributed by atoms with Gasteiger partial charge in [0.1, 0.15) is 0 Å². The van der Waals surface area contributed by atoms with Gasteiger partial charge >= 0.3 is 0 Å². The summed E-state index contributed by atoms with van der Waals surface area (Å²) in [5.41, 5.74) is 0.992. The second-order valence-electron chi connectivity index (χ2n) is 4.85. The van der Waals surface area contributed by atoms with Crippen LogP contribution in [0.5, 0.6) is 11.5 Å². The van der Waals surface area contributed by atoms with Crippen molar-refractivity contribution in [1.29, 1.82) is 0 Å². The maximum absolute atomic E-state index is 9.85. The van der Waals surface area contributed by atoms with Gasteiger partial charge in [-0.05, 0) is 30.5 Å². The fraction of sp³-hybridized carbons (Fsp3) is 0.571. The van der Waals surface area contributed by atoms with Crippen molar-refractivity contribution in [2.24, 2.45) is 0 Å². The minimum Gasteiger partial charge on any atom is -0.504 e. The van der Waals surface area contributed by atoms with Crippen LogP contribution in [-0.4, -0.2) is 29.5 Å². The van der Waals surface area contributed by atoms with Crippen LogP contribution in [-0.2, 0) is 6.54 Å². The third-order valence-electron chi connectivity index (χ3n) is 3.54.